The Kier molecular flexibility index (Phi) is 4.97. The minimum Gasteiger partial charge on any atom is -0.126 e. The summed E-state index contributed by atoms with van der Waals surface area (Å²) in [5.41, 5.74) is 1.13. The summed E-state index contributed by atoms with van der Waals surface area (Å²) in [5, 5.41) is 1.49. The van der Waals surface area contributed by atoms with Gasteiger partial charge >= 0.3 is 0 Å². The molecule has 0 bridgehead atoms. The quantitative estimate of drug-likeness (QED) is 0.644. The molecule has 0 amide bonds. The number of rotatable bonds is 4. The van der Waals surface area contributed by atoms with E-state index in [0.29, 0.717) is 11.8 Å². The number of benzene rings is 1. The maximum absolute atomic E-state index is 6.16. The Morgan fingerprint density at radius 3 is 2.38 bits per heavy atom. The van der Waals surface area contributed by atoms with Gasteiger partial charge in [0, 0.05) is 15.9 Å². The van der Waals surface area contributed by atoms with Crippen molar-refractivity contribution < 1.29 is 0 Å². The molecule has 1 aromatic carbocycles. The summed E-state index contributed by atoms with van der Waals surface area (Å²) in [7, 11) is 0. The fourth-order valence-electron chi connectivity index (χ4n) is 1.52. The highest BCUT2D eigenvalue weighted by atomic mass is 35.5. The molecule has 90 valence electrons. The molecule has 1 atom stereocenters. The van der Waals surface area contributed by atoms with E-state index >= 15 is 0 Å². The predicted octanol–water partition coefficient (Wildman–Crippen LogP) is 5.44. The molecule has 0 aliphatic rings. The highest BCUT2D eigenvalue weighted by molar-refractivity contribution is 6.33. The van der Waals surface area contributed by atoms with Crippen molar-refractivity contribution in [3.8, 4) is 0 Å². The molecule has 1 unspecified atom stereocenters. The van der Waals surface area contributed by atoms with Gasteiger partial charge in [0.15, 0.2) is 0 Å². The van der Waals surface area contributed by atoms with Gasteiger partial charge in [0.05, 0.1) is 0 Å². The van der Waals surface area contributed by atoms with Crippen LogP contribution in [0.4, 0.5) is 0 Å². The van der Waals surface area contributed by atoms with Gasteiger partial charge in [-0.25, -0.2) is 0 Å². The standard InChI is InChI=1S/C13H17Cl3/c1-9(2)13(3,8-14)7-10-6-11(15)4-5-12(10)16/h4-6,9H,7-8H2,1-3H3. The molecule has 0 aliphatic carbocycles. The largest absolute Gasteiger partial charge is 0.126 e. The van der Waals surface area contributed by atoms with Crippen molar-refractivity contribution in [3.63, 3.8) is 0 Å². The van der Waals surface area contributed by atoms with Gasteiger partial charge in [-0.1, -0.05) is 44.0 Å². The second kappa shape index (κ2) is 5.62. The van der Waals surface area contributed by atoms with Crippen molar-refractivity contribution in [2.75, 3.05) is 5.88 Å². The molecule has 0 N–H and O–H groups in total. The average molecular weight is 280 g/mol. The third kappa shape index (κ3) is 3.29. The van der Waals surface area contributed by atoms with E-state index in [2.05, 4.69) is 20.8 Å². The Labute approximate surface area is 113 Å². The van der Waals surface area contributed by atoms with Crippen molar-refractivity contribution >= 4 is 34.8 Å². The van der Waals surface area contributed by atoms with Crippen LogP contribution >= 0.6 is 34.8 Å². The van der Waals surface area contributed by atoms with E-state index in [1.54, 1.807) is 6.07 Å². The van der Waals surface area contributed by atoms with Gasteiger partial charge in [-0.15, -0.1) is 11.6 Å². The van der Waals surface area contributed by atoms with Crippen LogP contribution in [0.3, 0.4) is 0 Å². The van der Waals surface area contributed by atoms with Crippen molar-refractivity contribution in [2.24, 2.45) is 11.3 Å². The Hall–Kier alpha value is 0.0900. The topological polar surface area (TPSA) is 0 Å². The van der Waals surface area contributed by atoms with Crippen molar-refractivity contribution in [3.05, 3.63) is 33.8 Å². The maximum Gasteiger partial charge on any atom is 0.0439 e. The summed E-state index contributed by atoms with van der Waals surface area (Å²) >= 11 is 18.2. The third-order valence-corrected chi connectivity index (χ3v) is 4.52. The van der Waals surface area contributed by atoms with E-state index < -0.39 is 0 Å². The van der Waals surface area contributed by atoms with Crippen molar-refractivity contribution in [1.29, 1.82) is 0 Å². The van der Waals surface area contributed by atoms with Crippen LogP contribution in [0.2, 0.25) is 10.0 Å². The second-order valence-corrected chi connectivity index (χ2v) is 5.97. The maximum atomic E-state index is 6.16. The van der Waals surface area contributed by atoms with Gasteiger partial charge < -0.3 is 0 Å². The molecule has 0 spiro atoms. The first-order chi connectivity index (χ1) is 7.39. The minimum atomic E-state index is 0.0515. The molecule has 0 radical (unpaired) electrons. The first-order valence-corrected chi connectivity index (χ1v) is 6.68. The van der Waals surface area contributed by atoms with Crippen LogP contribution < -0.4 is 0 Å². The molecule has 1 rings (SSSR count). The Balaban J connectivity index is 2.98. The average Bonchev–Trinajstić information content (AvgIpc) is 2.23. The molecule has 0 aromatic heterocycles. The van der Waals surface area contributed by atoms with E-state index in [0.717, 1.165) is 22.0 Å². The predicted molar refractivity (Wildman–Crippen MR) is 73.8 cm³/mol. The van der Waals surface area contributed by atoms with E-state index in [1.807, 2.05) is 12.1 Å². The lowest BCUT2D eigenvalue weighted by Crippen LogP contribution is -2.28. The fourth-order valence-corrected chi connectivity index (χ4v) is 2.30. The smallest absolute Gasteiger partial charge is 0.0439 e. The Morgan fingerprint density at radius 2 is 1.88 bits per heavy atom. The SMILES string of the molecule is CC(C)C(C)(CCl)Cc1cc(Cl)ccc1Cl. The first kappa shape index (κ1) is 14.2. The van der Waals surface area contributed by atoms with Crippen molar-refractivity contribution in [1.82, 2.24) is 0 Å². The summed E-state index contributed by atoms with van der Waals surface area (Å²) in [6, 6.07) is 5.58. The van der Waals surface area contributed by atoms with Gasteiger partial charge in [-0.3, -0.25) is 0 Å². The molecule has 1 aromatic rings. The molecule has 0 aliphatic heterocycles. The summed E-state index contributed by atoms with van der Waals surface area (Å²) in [6.45, 7) is 6.55. The zero-order chi connectivity index (χ0) is 12.3. The molecular weight excluding hydrogens is 263 g/mol. The zero-order valence-electron chi connectivity index (χ0n) is 9.86. The molecule has 3 heteroatoms. The van der Waals surface area contributed by atoms with E-state index in [9.17, 15) is 0 Å². The summed E-state index contributed by atoms with van der Waals surface area (Å²) in [5.74, 6) is 1.12. The number of hydrogen-bond acceptors (Lipinski definition) is 0. The fraction of sp³-hybridized carbons (Fsp3) is 0.538. The summed E-state index contributed by atoms with van der Waals surface area (Å²) in [6.07, 6.45) is 0.855. The molecular formula is C13H17Cl3. The molecule has 0 saturated carbocycles. The van der Waals surface area contributed by atoms with Crippen LogP contribution in [0.15, 0.2) is 18.2 Å². The van der Waals surface area contributed by atoms with Gasteiger partial charge in [0.1, 0.15) is 0 Å². The highest BCUT2D eigenvalue weighted by Crippen LogP contribution is 2.35. The third-order valence-electron chi connectivity index (χ3n) is 3.30. The summed E-state index contributed by atoms with van der Waals surface area (Å²) in [4.78, 5) is 0. The Morgan fingerprint density at radius 1 is 1.25 bits per heavy atom. The van der Waals surface area contributed by atoms with Crippen LogP contribution in [0, 0.1) is 11.3 Å². The van der Waals surface area contributed by atoms with Gasteiger partial charge in [0.25, 0.3) is 0 Å². The van der Waals surface area contributed by atoms with E-state index in [-0.39, 0.29) is 5.41 Å². The lowest BCUT2D eigenvalue weighted by atomic mass is 9.76. The van der Waals surface area contributed by atoms with Crippen LogP contribution in [0.25, 0.3) is 0 Å². The van der Waals surface area contributed by atoms with Gasteiger partial charge in [0.2, 0.25) is 0 Å². The molecule has 0 saturated heterocycles. The van der Waals surface area contributed by atoms with E-state index in [1.165, 1.54) is 0 Å². The molecule has 0 heterocycles. The van der Waals surface area contributed by atoms with Crippen LogP contribution in [-0.2, 0) is 6.42 Å². The number of alkyl halides is 1. The van der Waals surface area contributed by atoms with Crippen LogP contribution in [0.1, 0.15) is 26.3 Å². The Bertz CT molecular complexity index is 360. The lowest BCUT2D eigenvalue weighted by Gasteiger charge is -2.32. The minimum absolute atomic E-state index is 0.0515. The molecule has 16 heavy (non-hydrogen) atoms. The van der Waals surface area contributed by atoms with Crippen LogP contribution in [-0.4, -0.2) is 5.88 Å². The second-order valence-electron chi connectivity index (χ2n) is 4.85. The monoisotopic (exact) mass is 278 g/mol. The number of hydrogen-bond donors (Lipinski definition) is 0. The van der Waals surface area contributed by atoms with E-state index in [4.69, 9.17) is 34.8 Å². The first-order valence-electron chi connectivity index (χ1n) is 5.39. The summed E-state index contributed by atoms with van der Waals surface area (Å²) < 4.78 is 0. The van der Waals surface area contributed by atoms with Crippen LogP contribution in [0.5, 0.6) is 0 Å². The highest BCUT2D eigenvalue weighted by Gasteiger charge is 2.28. The zero-order valence-corrected chi connectivity index (χ0v) is 12.1. The van der Waals surface area contributed by atoms with Gasteiger partial charge in [-0.2, -0.15) is 0 Å². The van der Waals surface area contributed by atoms with Crippen molar-refractivity contribution in [2.45, 2.75) is 27.2 Å². The molecule has 0 nitrogen and oxygen atoms in total. The van der Waals surface area contributed by atoms with Gasteiger partial charge in [-0.05, 0) is 41.5 Å². The number of halogens is 3. The lowest BCUT2D eigenvalue weighted by molar-refractivity contribution is 0.253. The molecule has 0 fully saturated rings. The normalized spacial score (nSPS) is 15.2.